The van der Waals surface area contributed by atoms with E-state index in [1.54, 1.807) is 0 Å². The summed E-state index contributed by atoms with van der Waals surface area (Å²) in [7, 11) is 0. The Labute approximate surface area is 105 Å². The van der Waals surface area contributed by atoms with Gasteiger partial charge in [-0.05, 0) is 12.5 Å². The summed E-state index contributed by atoms with van der Waals surface area (Å²) in [4.78, 5) is 24.6. The second-order valence-electron chi connectivity index (χ2n) is 3.74. The zero-order chi connectivity index (χ0) is 13.4. The van der Waals surface area contributed by atoms with Crippen LogP contribution in [0.1, 0.15) is 26.0 Å². The van der Waals surface area contributed by atoms with Crippen molar-refractivity contribution in [2.24, 2.45) is 0 Å². The Bertz CT molecular complexity index is 513. The predicted octanol–water partition coefficient (Wildman–Crippen LogP) is 1.59. The van der Waals surface area contributed by atoms with Crippen molar-refractivity contribution in [3.63, 3.8) is 0 Å². The molecule has 1 atom stereocenters. The van der Waals surface area contributed by atoms with E-state index in [0.717, 1.165) is 12.8 Å². The van der Waals surface area contributed by atoms with Crippen LogP contribution in [0.15, 0.2) is 46.7 Å². The molecule has 1 aromatic rings. The SMILES string of the molecule is C=C[C@H](OC/C=C/CCC)n1ccc(=O)[nH]c1=O. The van der Waals surface area contributed by atoms with Gasteiger partial charge in [0.1, 0.15) is 0 Å². The topological polar surface area (TPSA) is 64.1 Å². The van der Waals surface area contributed by atoms with Crippen molar-refractivity contribution < 1.29 is 4.74 Å². The van der Waals surface area contributed by atoms with Gasteiger partial charge in [0.05, 0.1) is 6.61 Å². The molecule has 0 aliphatic rings. The van der Waals surface area contributed by atoms with Gasteiger partial charge in [0.25, 0.3) is 5.56 Å². The Morgan fingerprint density at radius 3 is 2.89 bits per heavy atom. The van der Waals surface area contributed by atoms with E-state index in [9.17, 15) is 9.59 Å². The molecule has 1 N–H and O–H groups in total. The van der Waals surface area contributed by atoms with Crippen LogP contribution in [0.25, 0.3) is 0 Å². The maximum atomic E-state index is 11.5. The third kappa shape index (κ3) is 4.18. The Balaban J connectivity index is 2.69. The van der Waals surface area contributed by atoms with Gasteiger partial charge in [0, 0.05) is 12.3 Å². The number of allylic oxidation sites excluding steroid dienone is 1. The highest BCUT2D eigenvalue weighted by Gasteiger charge is 2.07. The van der Waals surface area contributed by atoms with E-state index in [1.807, 2.05) is 12.2 Å². The molecule has 0 aliphatic carbocycles. The van der Waals surface area contributed by atoms with Crippen molar-refractivity contribution in [3.05, 3.63) is 57.9 Å². The normalized spacial score (nSPS) is 12.7. The lowest BCUT2D eigenvalue weighted by molar-refractivity contribution is 0.0541. The van der Waals surface area contributed by atoms with Crippen LogP contribution in [0.4, 0.5) is 0 Å². The van der Waals surface area contributed by atoms with Crippen molar-refractivity contribution in [1.29, 1.82) is 0 Å². The molecule has 5 heteroatoms. The van der Waals surface area contributed by atoms with Crippen LogP contribution in [0.5, 0.6) is 0 Å². The molecule has 0 aromatic carbocycles. The molecule has 0 fully saturated rings. The van der Waals surface area contributed by atoms with Gasteiger partial charge in [0.15, 0.2) is 6.23 Å². The van der Waals surface area contributed by atoms with Crippen LogP contribution < -0.4 is 11.2 Å². The monoisotopic (exact) mass is 250 g/mol. The van der Waals surface area contributed by atoms with Crippen molar-refractivity contribution in [2.45, 2.75) is 26.0 Å². The fourth-order valence-electron chi connectivity index (χ4n) is 1.40. The number of unbranched alkanes of at least 4 members (excludes halogenated alkanes) is 1. The molecular formula is C13H18N2O3. The predicted molar refractivity (Wildman–Crippen MR) is 70.6 cm³/mol. The molecule has 18 heavy (non-hydrogen) atoms. The van der Waals surface area contributed by atoms with Crippen LogP contribution in [0, 0.1) is 0 Å². The average Bonchev–Trinajstić information content (AvgIpc) is 2.35. The van der Waals surface area contributed by atoms with Crippen LogP contribution in [-0.2, 0) is 4.74 Å². The van der Waals surface area contributed by atoms with Gasteiger partial charge in [-0.15, -0.1) is 0 Å². The minimum absolute atomic E-state index is 0.391. The van der Waals surface area contributed by atoms with Gasteiger partial charge in [-0.3, -0.25) is 14.3 Å². The Morgan fingerprint density at radius 1 is 1.50 bits per heavy atom. The van der Waals surface area contributed by atoms with Gasteiger partial charge in [-0.25, -0.2) is 4.79 Å². The number of nitrogens with one attached hydrogen (secondary N) is 1. The molecule has 0 bridgehead atoms. The number of aromatic amines is 1. The minimum Gasteiger partial charge on any atom is -0.350 e. The van der Waals surface area contributed by atoms with E-state index in [4.69, 9.17) is 4.74 Å². The molecule has 0 aliphatic heterocycles. The van der Waals surface area contributed by atoms with E-state index in [2.05, 4.69) is 18.5 Å². The maximum Gasteiger partial charge on any atom is 0.330 e. The molecule has 0 amide bonds. The molecule has 98 valence electrons. The number of rotatable bonds is 7. The minimum atomic E-state index is -0.583. The number of nitrogens with zero attached hydrogens (tertiary/aromatic N) is 1. The molecule has 0 saturated carbocycles. The van der Waals surface area contributed by atoms with Crippen molar-refractivity contribution in [1.82, 2.24) is 9.55 Å². The van der Waals surface area contributed by atoms with Crippen LogP contribution in [0.3, 0.4) is 0 Å². The van der Waals surface area contributed by atoms with E-state index in [0.29, 0.717) is 6.61 Å². The van der Waals surface area contributed by atoms with E-state index >= 15 is 0 Å². The molecule has 1 aromatic heterocycles. The first-order chi connectivity index (χ1) is 8.69. The molecular weight excluding hydrogens is 232 g/mol. The molecule has 0 saturated heterocycles. The van der Waals surface area contributed by atoms with Gasteiger partial charge in [0.2, 0.25) is 0 Å². The molecule has 0 unspecified atom stereocenters. The number of H-pyrrole nitrogens is 1. The van der Waals surface area contributed by atoms with Crippen molar-refractivity contribution in [3.8, 4) is 0 Å². The fraction of sp³-hybridized carbons (Fsp3) is 0.385. The zero-order valence-electron chi connectivity index (χ0n) is 10.5. The molecule has 1 heterocycles. The smallest absolute Gasteiger partial charge is 0.330 e. The number of hydrogen-bond acceptors (Lipinski definition) is 3. The largest absolute Gasteiger partial charge is 0.350 e. The van der Waals surface area contributed by atoms with Gasteiger partial charge in [-0.1, -0.05) is 32.1 Å². The van der Waals surface area contributed by atoms with E-state index in [1.165, 1.54) is 22.9 Å². The molecule has 1 rings (SSSR count). The van der Waals surface area contributed by atoms with Gasteiger partial charge < -0.3 is 4.74 Å². The summed E-state index contributed by atoms with van der Waals surface area (Å²) in [5.41, 5.74) is -0.938. The standard InChI is InChI=1S/C13H18N2O3/c1-3-5-6-7-10-18-12(4-2)15-9-8-11(16)14-13(15)17/h4,6-9,12H,2-3,5,10H2,1H3,(H,14,16,17)/b7-6+/t12-/m0/s1. The van der Waals surface area contributed by atoms with Crippen molar-refractivity contribution >= 4 is 0 Å². The number of ether oxygens (including phenoxy) is 1. The summed E-state index contributed by atoms with van der Waals surface area (Å²) in [6.07, 6.45) is 8.32. The quantitative estimate of drug-likeness (QED) is 0.747. The fourth-order valence-corrected chi connectivity index (χ4v) is 1.40. The summed E-state index contributed by atoms with van der Waals surface area (Å²) < 4.78 is 6.76. The Morgan fingerprint density at radius 2 is 2.28 bits per heavy atom. The first-order valence-corrected chi connectivity index (χ1v) is 5.89. The average molecular weight is 250 g/mol. The van der Waals surface area contributed by atoms with E-state index in [-0.39, 0.29) is 0 Å². The highest BCUT2D eigenvalue weighted by Crippen LogP contribution is 2.05. The first-order valence-electron chi connectivity index (χ1n) is 5.89. The third-order valence-electron chi connectivity index (χ3n) is 2.31. The lowest BCUT2D eigenvalue weighted by Gasteiger charge is -2.14. The lowest BCUT2D eigenvalue weighted by atomic mass is 10.3. The van der Waals surface area contributed by atoms with Gasteiger partial charge >= 0.3 is 5.69 Å². The second kappa shape index (κ2) is 7.45. The van der Waals surface area contributed by atoms with Crippen LogP contribution in [0.2, 0.25) is 0 Å². The second-order valence-corrected chi connectivity index (χ2v) is 3.74. The highest BCUT2D eigenvalue weighted by molar-refractivity contribution is 4.89. The van der Waals surface area contributed by atoms with Crippen molar-refractivity contribution in [2.75, 3.05) is 6.61 Å². The summed E-state index contributed by atoms with van der Waals surface area (Å²) in [5, 5.41) is 0. The zero-order valence-corrected chi connectivity index (χ0v) is 10.5. The number of aromatic nitrogens is 2. The summed E-state index contributed by atoms with van der Waals surface area (Å²) in [6.45, 7) is 6.10. The molecule has 0 radical (unpaired) electrons. The highest BCUT2D eigenvalue weighted by atomic mass is 16.5. The Kier molecular flexibility index (Phi) is 5.87. The third-order valence-corrected chi connectivity index (χ3v) is 2.31. The van der Waals surface area contributed by atoms with E-state index < -0.39 is 17.5 Å². The lowest BCUT2D eigenvalue weighted by Crippen LogP contribution is -2.31. The van der Waals surface area contributed by atoms with Crippen LogP contribution in [-0.4, -0.2) is 16.2 Å². The Hall–Kier alpha value is -1.88. The molecule has 0 spiro atoms. The summed E-state index contributed by atoms with van der Waals surface area (Å²) in [5.74, 6) is 0. The summed E-state index contributed by atoms with van der Waals surface area (Å²) >= 11 is 0. The maximum absolute atomic E-state index is 11.5. The van der Waals surface area contributed by atoms with Gasteiger partial charge in [-0.2, -0.15) is 0 Å². The number of hydrogen-bond donors (Lipinski definition) is 1. The summed E-state index contributed by atoms with van der Waals surface area (Å²) in [6, 6.07) is 1.27. The first kappa shape index (κ1) is 14.2. The van der Waals surface area contributed by atoms with Crippen LogP contribution >= 0.6 is 0 Å². The molecule has 5 nitrogen and oxygen atoms in total.